The molecule has 0 spiro atoms. The summed E-state index contributed by atoms with van der Waals surface area (Å²) in [6.07, 6.45) is 1.86. The van der Waals surface area contributed by atoms with Crippen LogP contribution in [0.4, 0.5) is 8.78 Å². The first kappa shape index (κ1) is 15.9. The number of rotatable bonds is 5. The van der Waals surface area contributed by atoms with Crippen molar-refractivity contribution in [3.05, 3.63) is 35.4 Å². The number of likely N-dealkylation sites (tertiary alicyclic amines) is 1. The first-order valence-electron chi connectivity index (χ1n) is 7.52. The Morgan fingerprint density at radius 2 is 2.05 bits per heavy atom. The van der Waals surface area contributed by atoms with E-state index in [-0.39, 0.29) is 17.9 Å². The van der Waals surface area contributed by atoms with Gasteiger partial charge in [-0.1, -0.05) is 6.92 Å². The number of hydrogen-bond acceptors (Lipinski definition) is 2. The summed E-state index contributed by atoms with van der Waals surface area (Å²) in [6.45, 7) is 5.42. The molecule has 0 radical (unpaired) electrons. The molecule has 0 unspecified atom stereocenters. The van der Waals surface area contributed by atoms with E-state index in [9.17, 15) is 13.6 Å². The summed E-state index contributed by atoms with van der Waals surface area (Å²) in [5.74, 6) is -0.559. The predicted octanol–water partition coefficient (Wildman–Crippen LogP) is 2.36. The molecule has 1 aliphatic rings. The van der Waals surface area contributed by atoms with Gasteiger partial charge >= 0.3 is 0 Å². The molecule has 0 bridgehead atoms. The maximum atomic E-state index is 13.6. The lowest BCUT2D eigenvalue weighted by Gasteiger charge is -2.32. The Balaban J connectivity index is 1.86. The molecule has 0 aromatic heterocycles. The second-order valence-electron chi connectivity index (χ2n) is 5.54. The first-order chi connectivity index (χ1) is 10.1. The highest BCUT2D eigenvalue weighted by atomic mass is 19.1. The van der Waals surface area contributed by atoms with Gasteiger partial charge in [-0.3, -0.25) is 4.79 Å². The summed E-state index contributed by atoms with van der Waals surface area (Å²) in [5.41, 5.74) is 0.134. The average molecular weight is 296 g/mol. The second-order valence-corrected chi connectivity index (χ2v) is 5.54. The van der Waals surface area contributed by atoms with Gasteiger partial charge in [-0.05, 0) is 50.0 Å². The van der Waals surface area contributed by atoms with Crippen LogP contribution < -0.4 is 5.32 Å². The van der Waals surface area contributed by atoms with E-state index in [1.807, 2.05) is 0 Å². The van der Waals surface area contributed by atoms with Crippen LogP contribution in [0.5, 0.6) is 0 Å². The van der Waals surface area contributed by atoms with Gasteiger partial charge in [0.15, 0.2) is 0 Å². The zero-order valence-electron chi connectivity index (χ0n) is 12.4. The van der Waals surface area contributed by atoms with Crippen molar-refractivity contribution < 1.29 is 13.6 Å². The van der Waals surface area contributed by atoms with Crippen molar-refractivity contribution in [2.75, 3.05) is 26.2 Å². The van der Waals surface area contributed by atoms with Crippen molar-refractivity contribution in [2.24, 2.45) is 5.92 Å². The van der Waals surface area contributed by atoms with Crippen molar-refractivity contribution in [1.82, 2.24) is 10.2 Å². The summed E-state index contributed by atoms with van der Waals surface area (Å²) in [6, 6.07) is 3.24. The number of carbonyl (C=O) groups excluding carboxylic acids is 1. The molecular formula is C16H22F2N2O. The Morgan fingerprint density at radius 1 is 1.33 bits per heavy atom. The molecule has 1 saturated heterocycles. The first-order valence-corrected chi connectivity index (χ1v) is 7.52. The molecule has 1 fully saturated rings. The lowest BCUT2D eigenvalue weighted by Crippen LogP contribution is -2.41. The highest BCUT2D eigenvalue weighted by molar-refractivity contribution is 5.78. The molecule has 1 aromatic carbocycles. The van der Waals surface area contributed by atoms with Crippen LogP contribution in [0.1, 0.15) is 25.3 Å². The number of nitrogens with zero attached hydrogens (tertiary/aromatic N) is 1. The molecule has 1 heterocycles. The molecule has 0 atom stereocenters. The van der Waals surface area contributed by atoms with E-state index >= 15 is 0 Å². The normalized spacial score (nSPS) is 16.2. The Hall–Kier alpha value is -1.49. The van der Waals surface area contributed by atoms with Gasteiger partial charge in [-0.2, -0.15) is 0 Å². The van der Waals surface area contributed by atoms with E-state index < -0.39 is 11.6 Å². The predicted molar refractivity (Wildman–Crippen MR) is 77.9 cm³/mol. The molecule has 1 aromatic rings. The van der Waals surface area contributed by atoms with E-state index in [0.717, 1.165) is 44.1 Å². The van der Waals surface area contributed by atoms with Crippen molar-refractivity contribution in [3.63, 3.8) is 0 Å². The van der Waals surface area contributed by atoms with Crippen molar-refractivity contribution in [2.45, 2.75) is 26.2 Å². The number of carbonyl (C=O) groups is 1. The number of halogens is 2. The van der Waals surface area contributed by atoms with E-state index in [1.54, 1.807) is 4.90 Å². The monoisotopic (exact) mass is 296 g/mol. The number of nitrogens with one attached hydrogen (secondary N) is 1. The SMILES string of the molecule is CCNCC1CCN(C(=O)Cc2cc(F)ccc2F)CC1. The fraction of sp³-hybridized carbons (Fsp3) is 0.562. The van der Waals surface area contributed by atoms with Gasteiger partial charge in [-0.25, -0.2) is 8.78 Å². The van der Waals surface area contributed by atoms with Crippen LogP contribution in [0, 0.1) is 17.6 Å². The molecule has 1 aliphatic heterocycles. The van der Waals surface area contributed by atoms with Gasteiger partial charge in [0, 0.05) is 18.7 Å². The molecule has 0 aliphatic carbocycles. The van der Waals surface area contributed by atoms with Gasteiger partial charge in [-0.15, -0.1) is 0 Å². The van der Waals surface area contributed by atoms with E-state index in [4.69, 9.17) is 0 Å². The molecule has 116 valence electrons. The van der Waals surface area contributed by atoms with Crippen molar-refractivity contribution in [3.8, 4) is 0 Å². The van der Waals surface area contributed by atoms with E-state index in [2.05, 4.69) is 12.2 Å². The summed E-state index contributed by atoms with van der Waals surface area (Å²) >= 11 is 0. The van der Waals surface area contributed by atoms with E-state index in [0.29, 0.717) is 19.0 Å². The third-order valence-electron chi connectivity index (χ3n) is 4.00. The van der Waals surface area contributed by atoms with Crippen LogP contribution in [-0.2, 0) is 11.2 Å². The molecule has 3 nitrogen and oxygen atoms in total. The van der Waals surface area contributed by atoms with Gasteiger partial charge in [0.2, 0.25) is 5.91 Å². The summed E-state index contributed by atoms with van der Waals surface area (Å²) in [4.78, 5) is 13.9. The van der Waals surface area contributed by atoms with Crippen LogP contribution in [0.25, 0.3) is 0 Å². The van der Waals surface area contributed by atoms with E-state index in [1.165, 1.54) is 0 Å². The molecular weight excluding hydrogens is 274 g/mol. The lowest BCUT2D eigenvalue weighted by atomic mass is 9.96. The summed E-state index contributed by atoms with van der Waals surface area (Å²) in [7, 11) is 0. The highest BCUT2D eigenvalue weighted by Crippen LogP contribution is 2.18. The Morgan fingerprint density at radius 3 is 2.71 bits per heavy atom. The maximum Gasteiger partial charge on any atom is 0.227 e. The molecule has 5 heteroatoms. The molecule has 0 saturated carbocycles. The van der Waals surface area contributed by atoms with Gasteiger partial charge in [0.25, 0.3) is 0 Å². The van der Waals surface area contributed by atoms with Crippen LogP contribution in [-0.4, -0.2) is 37.0 Å². The zero-order valence-corrected chi connectivity index (χ0v) is 12.4. The zero-order chi connectivity index (χ0) is 15.2. The average Bonchev–Trinajstić information content (AvgIpc) is 2.49. The lowest BCUT2D eigenvalue weighted by molar-refractivity contribution is -0.131. The minimum atomic E-state index is -0.521. The molecule has 2 rings (SSSR count). The van der Waals surface area contributed by atoms with Gasteiger partial charge in [0.05, 0.1) is 6.42 Å². The standard InChI is InChI=1S/C16H22F2N2O/c1-2-19-11-12-5-7-20(8-6-12)16(21)10-13-9-14(17)3-4-15(13)18/h3-4,9,12,19H,2,5-8,10-11H2,1H3. The third-order valence-corrected chi connectivity index (χ3v) is 4.00. The molecule has 1 N–H and O–H groups in total. The largest absolute Gasteiger partial charge is 0.342 e. The number of amides is 1. The van der Waals surface area contributed by atoms with Gasteiger partial charge in [0.1, 0.15) is 11.6 Å². The number of benzene rings is 1. The third kappa shape index (κ3) is 4.49. The molecule has 1 amide bonds. The fourth-order valence-corrected chi connectivity index (χ4v) is 2.69. The number of hydrogen-bond donors (Lipinski definition) is 1. The topological polar surface area (TPSA) is 32.3 Å². The van der Waals surface area contributed by atoms with Crippen molar-refractivity contribution in [1.29, 1.82) is 0 Å². The van der Waals surface area contributed by atoms with Crippen LogP contribution in [0.3, 0.4) is 0 Å². The Bertz CT molecular complexity index is 485. The fourth-order valence-electron chi connectivity index (χ4n) is 2.69. The maximum absolute atomic E-state index is 13.6. The molecule has 21 heavy (non-hydrogen) atoms. The minimum Gasteiger partial charge on any atom is -0.342 e. The van der Waals surface area contributed by atoms with Crippen molar-refractivity contribution >= 4 is 5.91 Å². The summed E-state index contributed by atoms with van der Waals surface area (Å²) in [5, 5.41) is 3.32. The van der Waals surface area contributed by atoms with Crippen LogP contribution in [0.15, 0.2) is 18.2 Å². The second kappa shape index (κ2) is 7.50. The van der Waals surface area contributed by atoms with Crippen LogP contribution in [0.2, 0.25) is 0 Å². The highest BCUT2D eigenvalue weighted by Gasteiger charge is 2.23. The van der Waals surface area contributed by atoms with Gasteiger partial charge < -0.3 is 10.2 Å². The number of piperidine rings is 1. The van der Waals surface area contributed by atoms with Crippen LogP contribution >= 0.6 is 0 Å². The smallest absolute Gasteiger partial charge is 0.227 e. The minimum absolute atomic E-state index is 0.0680. The Labute approximate surface area is 124 Å². The Kier molecular flexibility index (Phi) is 5.67. The quantitative estimate of drug-likeness (QED) is 0.904. The summed E-state index contributed by atoms with van der Waals surface area (Å²) < 4.78 is 26.7.